The molecular formula is C15H18ClNO2. The van der Waals surface area contributed by atoms with E-state index < -0.39 is 5.60 Å². The molecule has 1 aromatic carbocycles. The minimum Gasteiger partial charge on any atom is -0.443 e. The number of hydrogen-bond acceptors (Lipinski definition) is 2. The van der Waals surface area contributed by atoms with Gasteiger partial charge in [0.05, 0.1) is 11.4 Å². The van der Waals surface area contributed by atoms with Crippen molar-refractivity contribution in [3.63, 3.8) is 0 Å². The molecule has 19 heavy (non-hydrogen) atoms. The van der Waals surface area contributed by atoms with Crippen LogP contribution in [-0.2, 0) is 10.6 Å². The van der Waals surface area contributed by atoms with E-state index in [9.17, 15) is 4.79 Å². The van der Waals surface area contributed by atoms with Crippen LogP contribution in [0.25, 0.3) is 10.9 Å². The number of carbonyl (C=O) groups excluding carboxylic acids is 1. The van der Waals surface area contributed by atoms with Gasteiger partial charge in [-0.05, 0) is 45.9 Å². The van der Waals surface area contributed by atoms with Crippen LogP contribution in [-0.4, -0.2) is 16.3 Å². The van der Waals surface area contributed by atoms with Gasteiger partial charge in [-0.15, -0.1) is 11.6 Å². The van der Waals surface area contributed by atoms with Crippen LogP contribution in [0.1, 0.15) is 32.0 Å². The van der Waals surface area contributed by atoms with Crippen LogP contribution in [0, 0.1) is 6.92 Å². The molecule has 0 aliphatic rings. The predicted molar refractivity (Wildman–Crippen MR) is 77.9 cm³/mol. The minimum absolute atomic E-state index is 0.271. The van der Waals surface area contributed by atoms with Gasteiger partial charge in [-0.3, -0.25) is 0 Å². The van der Waals surface area contributed by atoms with Gasteiger partial charge in [0.15, 0.2) is 0 Å². The van der Waals surface area contributed by atoms with E-state index in [2.05, 4.69) is 0 Å². The summed E-state index contributed by atoms with van der Waals surface area (Å²) in [6.07, 6.45) is -0.387. The number of fused-ring (bicyclic) bond motifs is 1. The van der Waals surface area contributed by atoms with Crippen molar-refractivity contribution in [2.75, 3.05) is 0 Å². The molecule has 2 rings (SSSR count). The quantitative estimate of drug-likeness (QED) is 0.721. The number of aryl methyl sites for hydroxylation is 1. The average molecular weight is 280 g/mol. The van der Waals surface area contributed by atoms with E-state index in [1.54, 1.807) is 4.57 Å². The molecule has 102 valence electrons. The number of ether oxygens (including phenoxy) is 1. The van der Waals surface area contributed by atoms with Gasteiger partial charge in [0.25, 0.3) is 0 Å². The van der Waals surface area contributed by atoms with Gasteiger partial charge < -0.3 is 4.74 Å². The van der Waals surface area contributed by atoms with Crippen molar-refractivity contribution in [2.45, 2.75) is 39.2 Å². The Hall–Kier alpha value is -1.48. The topological polar surface area (TPSA) is 31.2 Å². The molecule has 0 bridgehead atoms. The van der Waals surface area contributed by atoms with E-state index in [4.69, 9.17) is 16.3 Å². The maximum atomic E-state index is 12.3. The highest BCUT2D eigenvalue weighted by Gasteiger charge is 2.21. The highest BCUT2D eigenvalue weighted by Crippen LogP contribution is 2.24. The smallest absolute Gasteiger partial charge is 0.419 e. The molecule has 0 amide bonds. The van der Waals surface area contributed by atoms with E-state index in [1.807, 2.05) is 52.0 Å². The molecule has 0 saturated heterocycles. The summed E-state index contributed by atoms with van der Waals surface area (Å²) >= 11 is 5.93. The first-order valence-electron chi connectivity index (χ1n) is 6.22. The Morgan fingerprint density at radius 1 is 1.32 bits per heavy atom. The highest BCUT2D eigenvalue weighted by molar-refractivity contribution is 6.17. The van der Waals surface area contributed by atoms with E-state index in [1.165, 1.54) is 0 Å². The molecule has 0 spiro atoms. The maximum Gasteiger partial charge on any atom is 0.419 e. The summed E-state index contributed by atoms with van der Waals surface area (Å²) in [5.74, 6) is 0.271. The van der Waals surface area contributed by atoms with Crippen LogP contribution in [0.3, 0.4) is 0 Å². The van der Waals surface area contributed by atoms with Gasteiger partial charge in [-0.25, -0.2) is 9.36 Å². The fraction of sp³-hybridized carbons (Fsp3) is 0.400. The fourth-order valence-corrected chi connectivity index (χ4v) is 2.21. The van der Waals surface area contributed by atoms with Crippen LogP contribution < -0.4 is 0 Å². The number of benzene rings is 1. The van der Waals surface area contributed by atoms with Crippen molar-refractivity contribution < 1.29 is 9.53 Å². The minimum atomic E-state index is -0.526. The first-order chi connectivity index (χ1) is 8.81. The second-order valence-electron chi connectivity index (χ2n) is 5.65. The molecule has 3 nitrogen and oxygen atoms in total. The molecule has 0 aliphatic carbocycles. The Morgan fingerprint density at radius 3 is 2.58 bits per heavy atom. The lowest BCUT2D eigenvalue weighted by atomic mass is 10.2. The molecule has 0 N–H and O–H groups in total. The molecule has 0 radical (unpaired) electrons. The molecule has 0 aliphatic heterocycles. The van der Waals surface area contributed by atoms with Crippen LogP contribution in [0.2, 0.25) is 0 Å². The molecular weight excluding hydrogens is 262 g/mol. The third kappa shape index (κ3) is 2.92. The molecule has 4 heteroatoms. The predicted octanol–water partition coefficient (Wildman–Crippen LogP) is 4.47. The number of aromatic nitrogens is 1. The summed E-state index contributed by atoms with van der Waals surface area (Å²) in [6.45, 7) is 7.56. The second kappa shape index (κ2) is 4.89. The first-order valence-corrected chi connectivity index (χ1v) is 6.75. The van der Waals surface area contributed by atoms with E-state index in [0.29, 0.717) is 0 Å². The molecule has 0 atom stereocenters. The Kier molecular flexibility index (Phi) is 3.59. The lowest BCUT2D eigenvalue weighted by Gasteiger charge is -2.20. The third-order valence-corrected chi connectivity index (χ3v) is 3.02. The van der Waals surface area contributed by atoms with Crippen molar-refractivity contribution in [3.05, 3.63) is 35.5 Å². The summed E-state index contributed by atoms with van der Waals surface area (Å²) < 4.78 is 6.98. The van der Waals surface area contributed by atoms with Gasteiger partial charge in [-0.1, -0.05) is 11.6 Å². The second-order valence-corrected chi connectivity index (χ2v) is 5.91. The van der Waals surface area contributed by atoms with Gasteiger partial charge in [-0.2, -0.15) is 0 Å². The first kappa shape index (κ1) is 13.9. The Labute approximate surface area is 118 Å². The van der Waals surface area contributed by atoms with E-state index in [0.717, 1.165) is 22.2 Å². The summed E-state index contributed by atoms with van der Waals surface area (Å²) in [5.41, 5.74) is 2.20. The standard InChI is InChI=1S/C15H18ClNO2/c1-10-5-6-13-11(7-10)8-12(9-16)17(13)14(18)19-15(2,3)4/h5-8H,9H2,1-4H3. The molecule has 1 heterocycles. The Balaban J connectivity index is 2.54. The molecule has 0 unspecified atom stereocenters. The SMILES string of the molecule is Cc1ccc2c(c1)cc(CCl)n2C(=O)OC(C)(C)C. The molecule has 2 aromatic rings. The van der Waals surface area contributed by atoms with Crippen LogP contribution >= 0.6 is 11.6 Å². The largest absolute Gasteiger partial charge is 0.443 e. The summed E-state index contributed by atoms with van der Waals surface area (Å²) in [4.78, 5) is 12.3. The summed E-state index contributed by atoms with van der Waals surface area (Å²) in [5, 5.41) is 1.00. The third-order valence-electron chi connectivity index (χ3n) is 2.75. The molecule has 0 fully saturated rings. The summed E-state index contributed by atoms with van der Waals surface area (Å²) in [6, 6.07) is 7.86. The van der Waals surface area contributed by atoms with Crippen molar-refractivity contribution in [1.82, 2.24) is 4.57 Å². The number of carbonyl (C=O) groups is 1. The normalized spacial score (nSPS) is 11.8. The number of hydrogen-bond donors (Lipinski definition) is 0. The number of nitrogens with zero attached hydrogens (tertiary/aromatic N) is 1. The maximum absolute atomic E-state index is 12.3. The van der Waals surface area contributed by atoms with Gasteiger partial charge in [0.1, 0.15) is 5.60 Å². The zero-order valence-corrected chi connectivity index (χ0v) is 12.4. The Bertz CT molecular complexity index is 623. The van der Waals surface area contributed by atoms with E-state index >= 15 is 0 Å². The van der Waals surface area contributed by atoms with Crippen molar-refractivity contribution in [3.8, 4) is 0 Å². The molecule has 0 saturated carbocycles. The summed E-state index contributed by atoms with van der Waals surface area (Å²) in [7, 11) is 0. The number of alkyl halides is 1. The lowest BCUT2D eigenvalue weighted by molar-refractivity contribution is 0.0541. The van der Waals surface area contributed by atoms with Gasteiger partial charge in [0.2, 0.25) is 0 Å². The van der Waals surface area contributed by atoms with Crippen molar-refractivity contribution in [1.29, 1.82) is 0 Å². The fourth-order valence-electron chi connectivity index (χ4n) is 2.01. The zero-order valence-electron chi connectivity index (χ0n) is 11.7. The number of rotatable bonds is 1. The molecule has 1 aromatic heterocycles. The van der Waals surface area contributed by atoms with Crippen LogP contribution in [0.4, 0.5) is 4.79 Å². The lowest BCUT2D eigenvalue weighted by Crippen LogP contribution is -2.27. The average Bonchev–Trinajstić information content (AvgIpc) is 2.63. The number of halogens is 1. The van der Waals surface area contributed by atoms with Crippen molar-refractivity contribution >= 4 is 28.6 Å². The zero-order chi connectivity index (χ0) is 14.2. The van der Waals surface area contributed by atoms with Gasteiger partial charge >= 0.3 is 6.09 Å². The Morgan fingerprint density at radius 2 is 2.00 bits per heavy atom. The monoisotopic (exact) mass is 279 g/mol. The van der Waals surface area contributed by atoms with Crippen molar-refractivity contribution in [2.24, 2.45) is 0 Å². The van der Waals surface area contributed by atoms with Crippen LogP contribution in [0.15, 0.2) is 24.3 Å². The van der Waals surface area contributed by atoms with E-state index in [-0.39, 0.29) is 12.0 Å². The van der Waals surface area contributed by atoms with Crippen LogP contribution in [0.5, 0.6) is 0 Å². The highest BCUT2D eigenvalue weighted by atomic mass is 35.5. The van der Waals surface area contributed by atoms with Gasteiger partial charge in [0, 0.05) is 11.1 Å².